The predicted octanol–water partition coefficient (Wildman–Crippen LogP) is 4.24. The fraction of sp³-hybridized carbons (Fsp3) is 0.158. The maximum atomic E-state index is 13.0. The summed E-state index contributed by atoms with van der Waals surface area (Å²) in [4.78, 5) is 13.9. The minimum atomic E-state index is -0.287. The lowest BCUT2D eigenvalue weighted by molar-refractivity contribution is -0.122. The van der Waals surface area contributed by atoms with Crippen LogP contribution in [-0.2, 0) is 11.4 Å². The third kappa shape index (κ3) is 4.11. The standard InChI is InChI=1S/C19H16BrFN2O2S/c1-2-23-18(24)16(22-19(23)26)10-13-9-14(20)5-8-17(13)25-11-12-3-6-15(21)7-4-12/h3-10H,2,11H2,1H3,(H,22,26)/b16-10-. The summed E-state index contributed by atoms with van der Waals surface area (Å²) >= 11 is 8.61. The van der Waals surface area contributed by atoms with E-state index in [0.717, 1.165) is 15.6 Å². The molecule has 0 aromatic heterocycles. The molecule has 0 radical (unpaired) electrons. The first-order chi connectivity index (χ1) is 12.5. The van der Waals surface area contributed by atoms with Crippen LogP contribution in [0.4, 0.5) is 4.39 Å². The topological polar surface area (TPSA) is 41.6 Å². The first-order valence-corrected chi connectivity index (χ1v) is 9.19. The molecule has 1 aliphatic rings. The van der Waals surface area contributed by atoms with Gasteiger partial charge in [-0.2, -0.15) is 0 Å². The Bertz CT molecular complexity index is 884. The molecule has 0 bridgehead atoms. The van der Waals surface area contributed by atoms with Crippen LogP contribution in [0.1, 0.15) is 18.1 Å². The van der Waals surface area contributed by atoms with E-state index in [2.05, 4.69) is 21.2 Å². The zero-order valence-corrected chi connectivity index (χ0v) is 16.4. The molecule has 2 aromatic rings. The Morgan fingerprint density at radius 1 is 1.27 bits per heavy atom. The van der Waals surface area contributed by atoms with Gasteiger partial charge in [0.25, 0.3) is 5.91 Å². The molecule has 134 valence electrons. The summed E-state index contributed by atoms with van der Waals surface area (Å²) in [5, 5.41) is 3.33. The average Bonchev–Trinajstić information content (AvgIpc) is 2.88. The molecule has 1 heterocycles. The number of carbonyl (C=O) groups excluding carboxylic acids is 1. The molecule has 4 nitrogen and oxygen atoms in total. The van der Waals surface area contributed by atoms with Gasteiger partial charge in [0.2, 0.25) is 0 Å². The molecule has 3 rings (SSSR count). The normalized spacial score (nSPS) is 15.5. The van der Waals surface area contributed by atoms with Crippen molar-refractivity contribution in [2.75, 3.05) is 6.54 Å². The van der Waals surface area contributed by atoms with Crippen LogP contribution in [0.2, 0.25) is 0 Å². The van der Waals surface area contributed by atoms with Crippen LogP contribution in [0.5, 0.6) is 5.75 Å². The number of rotatable bonds is 5. The van der Waals surface area contributed by atoms with Gasteiger partial charge in [0.05, 0.1) is 0 Å². The van der Waals surface area contributed by atoms with Crippen LogP contribution in [0, 0.1) is 5.82 Å². The van der Waals surface area contributed by atoms with Crippen molar-refractivity contribution in [3.05, 3.63) is 69.6 Å². The fourth-order valence-corrected chi connectivity index (χ4v) is 3.22. The highest BCUT2D eigenvalue weighted by atomic mass is 79.9. The summed E-state index contributed by atoms with van der Waals surface area (Å²) < 4.78 is 19.7. The molecule has 26 heavy (non-hydrogen) atoms. The molecule has 0 aliphatic carbocycles. The molecule has 1 amide bonds. The van der Waals surface area contributed by atoms with Gasteiger partial charge in [0.1, 0.15) is 23.9 Å². The third-order valence-electron chi connectivity index (χ3n) is 3.86. The first-order valence-electron chi connectivity index (χ1n) is 7.99. The first kappa shape index (κ1) is 18.5. The van der Waals surface area contributed by atoms with Crippen LogP contribution < -0.4 is 10.1 Å². The number of amides is 1. The number of likely N-dealkylation sites (N-methyl/N-ethyl adjacent to an activating group) is 1. The molecule has 0 saturated carbocycles. The van der Waals surface area contributed by atoms with Gasteiger partial charge >= 0.3 is 0 Å². The lowest BCUT2D eigenvalue weighted by Crippen LogP contribution is -2.30. The van der Waals surface area contributed by atoms with Crippen molar-refractivity contribution in [2.24, 2.45) is 0 Å². The lowest BCUT2D eigenvalue weighted by Gasteiger charge is -2.11. The Balaban J connectivity index is 1.84. The maximum Gasteiger partial charge on any atom is 0.276 e. The van der Waals surface area contributed by atoms with Gasteiger partial charge in [-0.15, -0.1) is 0 Å². The smallest absolute Gasteiger partial charge is 0.276 e. The van der Waals surface area contributed by atoms with Crippen LogP contribution >= 0.6 is 28.1 Å². The van der Waals surface area contributed by atoms with Crippen LogP contribution in [0.25, 0.3) is 6.08 Å². The van der Waals surface area contributed by atoms with Gasteiger partial charge in [-0.25, -0.2) is 4.39 Å². The Labute approximate surface area is 164 Å². The highest BCUT2D eigenvalue weighted by Crippen LogP contribution is 2.27. The molecule has 1 aliphatic heterocycles. The van der Waals surface area contributed by atoms with Crippen molar-refractivity contribution >= 4 is 45.2 Å². The molecule has 1 fully saturated rings. The Kier molecular flexibility index (Phi) is 5.68. The number of halogens is 2. The van der Waals surface area contributed by atoms with Crippen molar-refractivity contribution in [1.29, 1.82) is 0 Å². The van der Waals surface area contributed by atoms with E-state index < -0.39 is 0 Å². The number of benzene rings is 2. The molecule has 1 saturated heterocycles. The highest BCUT2D eigenvalue weighted by molar-refractivity contribution is 9.10. The Morgan fingerprint density at radius 3 is 2.65 bits per heavy atom. The van der Waals surface area contributed by atoms with Crippen LogP contribution in [0.15, 0.2) is 52.6 Å². The number of ether oxygens (including phenoxy) is 1. The van der Waals surface area contributed by atoms with Gasteiger partial charge in [0.15, 0.2) is 5.11 Å². The van der Waals surface area contributed by atoms with E-state index in [1.54, 1.807) is 18.2 Å². The predicted molar refractivity (Wildman–Crippen MR) is 106 cm³/mol. The average molecular weight is 435 g/mol. The molecular weight excluding hydrogens is 419 g/mol. The molecule has 2 aromatic carbocycles. The second-order valence-corrected chi connectivity index (χ2v) is 6.94. The van der Waals surface area contributed by atoms with Crippen molar-refractivity contribution in [3.8, 4) is 5.75 Å². The summed E-state index contributed by atoms with van der Waals surface area (Å²) in [5.41, 5.74) is 1.99. The molecule has 0 atom stereocenters. The zero-order chi connectivity index (χ0) is 18.7. The molecular formula is C19H16BrFN2O2S. The van der Waals surface area contributed by atoms with E-state index in [0.29, 0.717) is 29.7 Å². The van der Waals surface area contributed by atoms with Crippen LogP contribution in [-0.4, -0.2) is 22.5 Å². The van der Waals surface area contributed by atoms with Crippen molar-refractivity contribution in [1.82, 2.24) is 10.2 Å². The Hall–Kier alpha value is -2.25. The van der Waals surface area contributed by atoms with Gasteiger partial charge in [-0.1, -0.05) is 28.1 Å². The summed E-state index contributed by atoms with van der Waals surface area (Å²) in [6, 6.07) is 11.7. The zero-order valence-electron chi connectivity index (χ0n) is 14.0. The van der Waals surface area contributed by atoms with Gasteiger partial charge in [-0.05, 0) is 61.1 Å². The number of hydrogen-bond acceptors (Lipinski definition) is 3. The van der Waals surface area contributed by atoms with Crippen molar-refractivity contribution in [3.63, 3.8) is 0 Å². The SMILES string of the molecule is CCN1C(=O)/C(=C/c2cc(Br)ccc2OCc2ccc(F)cc2)NC1=S. The second-order valence-electron chi connectivity index (χ2n) is 5.63. The van der Waals surface area contributed by atoms with E-state index >= 15 is 0 Å². The summed E-state index contributed by atoms with van der Waals surface area (Å²) in [6.45, 7) is 2.67. The van der Waals surface area contributed by atoms with Gasteiger partial charge < -0.3 is 10.1 Å². The quantitative estimate of drug-likeness (QED) is 0.564. The minimum Gasteiger partial charge on any atom is -0.488 e. The highest BCUT2D eigenvalue weighted by Gasteiger charge is 2.29. The van der Waals surface area contributed by atoms with Crippen molar-refractivity contribution < 1.29 is 13.9 Å². The number of thiocarbonyl (C=S) groups is 1. The van der Waals surface area contributed by atoms with Crippen molar-refractivity contribution in [2.45, 2.75) is 13.5 Å². The second kappa shape index (κ2) is 7.97. The minimum absolute atomic E-state index is 0.165. The largest absolute Gasteiger partial charge is 0.488 e. The van der Waals surface area contributed by atoms with Crippen LogP contribution in [0.3, 0.4) is 0 Å². The van der Waals surface area contributed by atoms with E-state index in [1.807, 2.05) is 25.1 Å². The molecule has 0 unspecified atom stereocenters. The maximum absolute atomic E-state index is 13.0. The fourth-order valence-electron chi connectivity index (χ4n) is 2.52. The van der Waals surface area contributed by atoms with E-state index in [-0.39, 0.29) is 11.7 Å². The number of nitrogens with zero attached hydrogens (tertiary/aromatic N) is 1. The summed E-state index contributed by atoms with van der Waals surface area (Å²) in [7, 11) is 0. The lowest BCUT2D eigenvalue weighted by atomic mass is 10.1. The number of carbonyl (C=O) groups is 1. The van der Waals surface area contributed by atoms with E-state index in [9.17, 15) is 9.18 Å². The monoisotopic (exact) mass is 434 g/mol. The Morgan fingerprint density at radius 2 is 2.00 bits per heavy atom. The number of hydrogen-bond donors (Lipinski definition) is 1. The summed E-state index contributed by atoms with van der Waals surface area (Å²) in [5.74, 6) is 0.160. The summed E-state index contributed by atoms with van der Waals surface area (Å²) in [6.07, 6.45) is 1.72. The van der Waals surface area contributed by atoms with Gasteiger partial charge in [0, 0.05) is 16.6 Å². The molecule has 1 N–H and O–H groups in total. The molecule has 7 heteroatoms. The van der Waals surface area contributed by atoms with E-state index in [4.69, 9.17) is 17.0 Å². The third-order valence-corrected chi connectivity index (χ3v) is 4.67. The number of nitrogens with one attached hydrogen (secondary N) is 1. The van der Waals surface area contributed by atoms with E-state index in [1.165, 1.54) is 17.0 Å². The molecule has 0 spiro atoms. The van der Waals surface area contributed by atoms with Gasteiger partial charge in [-0.3, -0.25) is 9.69 Å².